The third-order valence-corrected chi connectivity index (χ3v) is 4.24. The lowest BCUT2D eigenvalue weighted by atomic mass is 10.1. The fourth-order valence-corrected chi connectivity index (χ4v) is 2.73. The summed E-state index contributed by atoms with van der Waals surface area (Å²) >= 11 is 0. The van der Waals surface area contributed by atoms with Gasteiger partial charge in [-0.1, -0.05) is 44.2 Å². The summed E-state index contributed by atoms with van der Waals surface area (Å²) < 4.78 is 5.42. The van der Waals surface area contributed by atoms with Gasteiger partial charge in [-0.2, -0.15) is 0 Å². The molecule has 0 N–H and O–H groups in total. The van der Waals surface area contributed by atoms with Gasteiger partial charge in [0.2, 0.25) is 11.8 Å². The van der Waals surface area contributed by atoms with Gasteiger partial charge < -0.3 is 14.2 Å². The molecular formula is C18H22N4O3. The van der Waals surface area contributed by atoms with Crippen molar-refractivity contribution in [1.29, 1.82) is 0 Å². The Kier molecular flexibility index (Phi) is 5.11. The SMILES string of the molecule is CC(C)c1nnc(C(=O)N2CCN(C(=O)Cc3ccccc3)CC2)o1. The number of nitrogens with zero attached hydrogens (tertiary/aromatic N) is 4. The molecule has 1 aliphatic heterocycles. The van der Waals surface area contributed by atoms with Crippen LogP contribution in [0.1, 0.15) is 41.9 Å². The largest absolute Gasteiger partial charge is 0.417 e. The highest BCUT2D eigenvalue weighted by atomic mass is 16.4. The van der Waals surface area contributed by atoms with Crippen LogP contribution in [0, 0.1) is 0 Å². The zero-order valence-electron chi connectivity index (χ0n) is 14.5. The van der Waals surface area contributed by atoms with Crippen LogP contribution in [0.5, 0.6) is 0 Å². The van der Waals surface area contributed by atoms with E-state index in [2.05, 4.69) is 10.2 Å². The summed E-state index contributed by atoms with van der Waals surface area (Å²) in [4.78, 5) is 28.3. The summed E-state index contributed by atoms with van der Waals surface area (Å²) in [6.45, 7) is 5.83. The van der Waals surface area contributed by atoms with Crippen LogP contribution in [0.2, 0.25) is 0 Å². The average molecular weight is 342 g/mol. The number of rotatable bonds is 4. The first-order valence-corrected chi connectivity index (χ1v) is 8.49. The number of carbonyl (C=O) groups excluding carboxylic acids is 2. The Balaban J connectivity index is 1.54. The minimum Gasteiger partial charge on any atom is -0.417 e. The zero-order chi connectivity index (χ0) is 17.8. The van der Waals surface area contributed by atoms with Crippen LogP contribution >= 0.6 is 0 Å². The highest BCUT2D eigenvalue weighted by Gasteiger charge is 2.28. The maximum atomic E-state index is 12.4. The second-order valence-electron chi connectivity index (χ2n) is 6.44. The number of hydrogen-bond donors (Lipinski definition) is 0. The van der Waals surface area contributed by atoms with Crippen molar-refractivity contribution in [2.45, 2.75) is 26.2 Å². The second kappa shape index (κ2) is 7.46. The minimum atomic E-state index is -0.269. The number of hydrogen-bond acceptors (Lipinski definition) is 5. The molecule has 0 atom stereocenters. The van der Waals surface area contributed by atoms with Gasteiger partial charge in [0.15, 0.2) is 0 Å². The van der Waals surface area contributed by atoms with Gasteiger partial charge in [0.1, 0.15) is 0 Å². The van der Waals surface area contributed by atoms with E-state index in [1.54, 1.807) is 9.80 Å². The molecule has 1 aromatic carbocycles. The molecule has 7 heteroatoms. The standard InChI is InChI=1S/C18H22N4O3/c1-13(2)16-19-20-17(25-16)18(24)22-10-8-21(9-11-22)15(23)12-14-6-4-3-5-7-14/h3-7,13H,8-12H2,1-2H3. The van der Waals surface area contributed by atoms with E-state index in [1.165, 1.54) is 0 Å². The van der Waals surface area contributed by atoms with Gasteiger partial charge in [0, 0.05) is 32.1 Å². The van der Waals surface area contributed by atoms with E-state index < -0.39 is 0 Å². The van der Waals surface area contributed by atoms with Crippen LogP contribution in [-0.4, -0.2) is 58.0 Å². The summed E-state index contributed by atoms with van der Waals surface area (Å²) in [6, 6.07) is 9.67. The van der Waals surface area contributed by atoms with E-state index >= 15 is 0 Å². The van der Waals surface area contributed by atoms with E-state index in [-0.39, 0.29) is 23.6 Å². The molecule has 7 nitrogen and oxygen atoms in total. The first-order chi connectivity index (χ1) is 12.0. The Labute approximate surface area is 146 Å². The molecular weight excluding hydrogens is 320 g/mol. The average Bonchev–Trinajstić information content (AvgIpc) is 3.12. The van der Waals surface area contributed by atoms with Crippen LogP contribution in [0.4, 0.5) is 0 Å². The molecule has 1 aliphatic rings. The Hall–Kier alpha value is -2.70. The van der Waals surface area contributed by atoms with E-state index in [4.69, 9.17) is 4.42 Å². The van der Waals surface area contributed by atoms with E-state index in [0.29, 0.717) is 38.5 Å². The topological polar surface area (TPSA) is 79.5 Å². The van der Waals surface area contributed by atoms with Gasteiger partial charge in [-0.3, -0.25) is 9.59 Å². The third-order valence-electron chi connectivity index (χ3n) is 4.24. The molecule has 0 spiro atoms. The maximum Gasteiger partial charge on any atom is 0.311 e. The zero-order valence-corrected chi connectivity index (χ0v) is 14.5. The van der Waals surface area contributed by atoms with E-state index in [1.807, 2.05) is 44.2 Å². The number of benzene rings is 1. The van der Waals surface area contributed by atoms with Crippen molar-refractivity contribution in [2.75, 3.05) is 26.2 Å². The van der Waals surface area contributed by atoms with E-state index in [0.717, 1.165) is 5.56 Å². The smallest absolute Gasteiger partial charge is 0.311 e. The number of carbonyl (C=O) groups is 2. The molecule has 0 unspecified atom stereocenters. The summed E-state index contributed by atoms with van der Waals surface area (Å²) in [6.07, 6.45) is 0.385. The normalized spacial score (nSPS) is 14.8. The van der Waals surface area contributed by atoms with Gasteiger partial charge >= 0.3 is 11.8 Å². The predicted molar refractivity (Wildman–Crippen MR) is 91.0 cm³/mol. The van der Waals surface area contributed by atoms with Gasteiger partial charge in [-0.05, 0) is 5.56 Å². The van der Waals surface area contributed by atoms with Crippen LogP contribution in [0.3, 0.4) is 0 Å². The van der Waals surface area contributed by atoms with Crippen LogP contribution in [-0.2, 0) is 11.2 Å². The maximum absolute atomic E-state index is 12.4. The summed E-state index contributed by atoms with van der Waals surface area (Å²) in [5.41, 5.74) is 0.998. The van der Waals surface area contributed by atoms with Crippen molar-refractivity contribution >= 4 is 11.8 Å². The molecule has 3 rings (SSSR count). The predicted octanol–water partition coefficient (Wildman–Crippen LogP) is 1.72. The van der Waals surface area contributed by atoms with Crippen molar-refractivity contribution < 1.29 is 14.0 Å². The van der Waals surface area contributed by atoms with E-state index in [9.17, 15) is 9.59 Å². The number of aromatic nitrogens is 2. The fourth-order valence-electron chi connectivity index (χ4n) is 2.73. The lowest BCUT2D eigenvalue weighted by Gasteiger charge is -2.34. The molecule has 0 radical (unpaired) electrons. The molecule has 0 saturated carbocycles. The second-order valence-corrected chi connectivity index (χ2v) is 6.44. The molecule has 1 aromatic heterocycles. The van der Waals surface area contributed by atoms with Crippen LogP contribution in [0.15, 0.2) is 34.7 Å². The van der Waals surface area contributed by atoms with Crippen molar-refractivity contribution in [3.05, 3.63) is 47.7 Å². The lowest BCUT2D eigenvalue weighted by molar-refractivity contribution is -0.131. The quantitative estimate of drug-likeness (QED) is 0.845. The first-order valence-electron chi connectivity index (χ1n) is 8.49. The van der Waals surface area contributed by atoms with Gasteiger partial charge in [-0.25, -0.2) is 0 Å². The number of piperazine rings is 1. The summed E-state index contributed by atoms with van der Waals surface area (Å²) in [7, 11) is 0. The van der Waals surface area contributed by atoms with Crippen molar-refractivity contribution in [1.82, 2.24) is 20.0 Å². The van der Waals surface area contributed by atoms with Gasteiger partial charge in [0.25, 0.3) is 0 Å². The van der Waals surface area contributed by atoms with Crippen LogP contribution < -0.4 is 0 Å². The molecule has 0 aliphatic carbocycles. The lowest BCUT2D eigenvalue weighted by Crippen LogP contribution is -2.51. The highest BCUT2D eigenvalue weighted by Crippen LogP contribution is 2.14. The Morgan fingerprint density at radius 3 is 2.28 bits per heavy atom. The van der Waals surface area contributed by atoms with Gasteiger partial charge in [0.05, 0.1) is 6.42 Å². The van der Waals surface area contributed by atoms with Crippen LogP contribution in [0.25, 0.3) is 0 Å². The Morgan fingerprint density at radius 2 is 1.68 bits per heavy atom. The molecule has 0 bridgehead atoms. The molecule has 132 valence electrons. The monoisotopic (exact) mass is 342 g/mol. The van der Waals surface area contributed by atoms with Crippen molar-refractivity contribution in [3.8, 4) is 0 Å². The first kappa shape index (κ1) is 17.1. The van der Waals surface area contributed by atoms with Crippen molar-refractivity contribution in [2.24, 2.45) is 0 Å². The van der Waals surface area contributed by atoms with Crippen molar-refractivity contribution in [3.63, 3.8) is 0 Å². The fraction of sp³-hybridized carbons (Fsp3) is 0.444. The minimum absolute atomic E-state index is 0.0211. The summed E-state index contributed by atoms with van der Waals surface area (Å²) in [5.74, 6) is 0.377. The Bertz CT molecular complexity index is 734. The molecule has 2 aromatic rings. The molecule has 25 heavy (non-hydrogen) atoms. The Morgan fingerprint density at radius 1 is 1.04 bits per heavy atom. The molecule has 1 fully saturated rings. The summed E-state index contributed by atoms with van der Waals surface area (Å²) in [5, 5.41) is 7.73. The van der Waals surface area contributed by atoms with Gasteiger partial charge in [-0.15, -0.1) is 10.2 Å². The number of amides is 2. The molecule has 2 amide bonds. The third kappa shape index (κ3) is 4.04. The highest BCUT2D eigenvalue weighted by molar-refractivity contribution is 5.89. The molecule has 1 saturated heterocycles. The molecule has 2 heterocycles.